The molecule has 3 fully saturated rings. The number of carbonyl (C=O) groups is 2. The second-order valence-electron chi connectivity index (χ2n) is 7.34. The third kappa shape index (κ3) is 2.56. The summed E-state index contributed by atoms with van der Waals surface area (Å²) >= 11 is 0. The van der Waals surface area contributed by atoms with E-state index in [4.69, 9.17) is 0 Å². The van der Waals surface area contributed by atoms with Gasteiger partial charge in [-0.1, -0.05) is 26.7 Å². The van der Waals surface area contributed by atoms with Crippen molar-refractivity contribution in [2.24, 2.45) is 11.8 Å². The van der Waals surface area contributed by atoms with Gasteiger partial charge in [0.05, 0.1) is 19.0 Å². The van der Waals surface area contributed by atoms with Crippen molar-refractivity contribution in [1.82, 2.24) is 9.80 Å². The molecule has 0 radical (unpaired) electrons. The Kier molecular flexibility index (Phi) is 3.72. The first-order valence-corrected chi connectivity index (χ1v) is 8.21. The average Bonchev–Trinajstić information content (AvgIpc) is 3.02. The largest absolute Gasteiger partial charge is 0.386 e. The summed E-state index contributed by atoms with van der Waals surface area (Å²) in [5, 5.41) is 10.3. The Labute approximate surface area is 126 Å². The van der Waals surface area contributed by atoms with Crippen molar-refractivity contribution in [2.45, 2.75) is 57.6 Å². The van der Waals surface area contributed by atoms with Crippen molar-refractivity contribution in [3.8, 4) is 0 Å². The highest BCUT2D eigenvalue weighted by Gasteiger charge is 2.49. The predicted octanol–water partition coefficient (Wildman–Crippen LogP) is 1.01. The molecule has 3 rings (SSSR count). The van der Waals surface area contributed by atoms with Gasteiger partial charge >= 0.3 is 0 Å². The predicted molar refractivity (Wildman–Crippen MR) is 78.4 cm³/mol. The van der Waals surface area contributed by atoms with E-state index in [2.05, 4.69) is 0 Å². The zero-order chi connectivity index (χ0) is 15.2. The van der Waals surface area contributed by atoms with Crippen molar-refractivity contribution >= 4 is 11.8 Å². The number of carbonyl (C=O) groups excluding carboxylic acids is 2. The van der Waals surface area contributed by atoms with Gasteiger partial charge in [-0.3, -0.25) is 9.59 Å². The Hall–Kier alpha value is -1.10. The van der Waals surface area contributed by atoms with Crippen LogP contribution in [0.3, 0.4) is 0 Å². The fourth-order valence-electron chi connectivity index (χ4n) is 3.86. The van der Waals surface area contributed by atoms with Crippen LogP contribution < -0.4 is 0 Å². The van der Waals surface area contributed by atoms with Gasteiger partial charge in [0.15, 0.2) is 0 Å². The molecule has 1 saturated carbocycles. The molecular weight excluding hydrogens is 268 g/mol. The maximum atomic E-state index is 12.5. The molecule has 21 heavy (non-hydrogen) atoms. The SMILES string of the molecule is CC(C)C1(O)CN(C(=O)C2CC(=O)N(C3CCCC3)C2)C1. The van der Waals surface area contributed by atoms with Gasteiger partial charge in [0.1, 0.15) is 5.60 Å². The van der Waals surface area contributed by atoms with E-state index in [0.29, 0.717) is 32.1 Å². The fraction of sp³-hybridized carbons (Fsp3) is 0.875. The molecule has 0 aromatic carbocycles. The molecule has 2 heterocycles. The number of amides is 2. The maximum absolute atomic E-state index is 12.5. The molecule has 2 saturated heterocycles. The van der Waals surface area contributed by atoms with E-state index in [9.17, 15) is 14.7 Å². The Balaban J connectivity index is 1.56. The standard InChI is InChI=1S/C16H26N2O3/c1-11(2)16(21)9-17(10-16)15(20)12-7-14(19)18(8-12)13-5-3-4-6-13/h11-13,21H,3-10H2,1-2H3. The molecule has 0 aromatic rings. The van der Waals surface area contributed by atoms with Crippen LogP contribution in [0.25, 0.3) is 0 Å². The number of hydrogen-bond acceptors (Lipinski definition) is 3. The molecule has 118 valence electrons. The van der Waals surface area contributed by atoms with Gasteiger partial charge in [0.25, 0.3) is 0 Å². The van der Waals surface area contributed by atoms with Gasteiger partial charge in [-0.2, -0.15) is 0 Å². The molecule has 5 heteroatoms. The summed E-state index contributed by atoms with van der Waals surface area (Å²) in [7, 11) is 0. The lowest BCUT2D eigenvalue weighted by Crippen LogP contribution is -2.66. The van der Waals surface area contributed by atoms with E-state index < -0.39 is 5.60 Å². The van der Waals surface area contributed by atoms with Crippen LogP contribution in [0.2, 0.25) is 0 Å². The molecule has 0 bridgehead atoms. The van der Waals surface area contributed by atoms with Crippen LogP contribution in [0.4, 0.5) is 0 Å². The van der Waals surface area contributed by atoms with Crippen LogP contribution in [0.5, 0.6) is 0 Å². The minimum atomic E-state index is -0.733. The number of rotatable bonds is 3. The van der Waals surface area contributed by atoms with Gasteiger partial charge in [-0.25, -0.2) is 0 Å². The van der Waals surface area contributed by atoms with Crippen molar-refractivity contribution < 1.29 is 14.7 Å². The van der Waals surface area contributed by atoms with Crippen molar-refractivity contribution in [3.63, 3.8) is 0 Å². The van der Waals surface area contributed by atoms with E-state index in [-0.39, 0.29) is 23.7 Å². The number of likely N-dealkylation sites (tertiary alicyclic amines) is 2. The lowest BCUT2D eigenvalue weighted by atomic mass is 9.82. The van der Waals surface area contributed by atoms with Gasteiger partial charge in [0, 0.05) is 19.0 Å². The van der Waals surface area contributed by atoms with Crippen LogP contribution in [0, 0.1) is 11.8 Å². The molecule has 2 aliphatic heterocycles. The van der Waals surface area contributed by atoms with Crippen LogP contribution in [-0.4, -0.2) is 58.0 Å². The Morgan fingerprint density at radius 2 is 1.90 bits per heavy atom. The molecular formula is C16H26N2O3. The number of aliphatic hydroxyl groups is 1. The summed E-state index contributed by atoms with van der Waals surface area (Å²) in [6.45, 7) is 5.36. The molecule has 5 nitrogen and oxygen atoms in total. The van der Waals surface area contributed by atoms with Crippen LogP contribution in [0.15, 0.2) is 0 Å². The van der Waals surface area contributed by atoms with Gasteiger partial charge < -0.3 is 14.9 Å². The van der Waals surface area contributed by atoms with Gasteiger partial charge in [0.2, 0.25) is 11.8 Å². The zero-order valence-corrected chi connectivity index (χ0v) is 13.0. The fourth-order valence-corrected chi connectivity index (χ4v) is 3.86. The molecule has 1 N–H and O–H groups in total. The Morgan fingerprint density at radius 1 is 1.29 bits per heavy atom. The molecule has 1 aliphatic carbocycles. The molecule has 2 amide bonds. The monoisotopic (exact) mass is 294 g/mol. The zero-order valence-electron chi connectivity index (χ0n) is 13.0. The van der Waals surface area contributed by atoms with Gasteiger partial charge in [-0.15, -0.1) is 0 Å². The van der Waals surface area contributed by atoms with Crippen molar-refractivity contribution in [2.75, 3.05) is 19.6 Å². The molecule has 0 aromatic heterocycles. The average molecular weight is 294 g/mol. The van der Waals surface area contributed by atoms with E-state index in [0.717, 1.165) is 12.8 Å². The van der Waals surface area contributed by atoms with Crippen LogP contribution >= 0.6 is 0 Å². The normalized spacial score (nSPS) is 29.3. The van der Waals surface area contributed by atoms with E-state index in [1.807, 2.05) is 18.7 Å². The smallest absolute Gasteiger partial charge is 0.228 e. The summed E-state index contributed by atoms with van der Waals surface area (Å²) in [4.78, 5) is 28.3. The second-order valence-corrected chi connectivity index (χ2v) is 7.34. The van der Waals surface area contributed by atoms with E-state index >= 15 is 0 Å². The highest BCUT2D eigenvalue weighted by molar-refractivity contribution is 5.90. The summed E-state index contributed by atoms with van der Waals surface area (Å²) in [6, 6.07) is 0.360. The van der Waals surface area contributed by atoms with Crippen LogP contribution in [0.1, 0.15) is 46.0 Å². The van der Waals surface area contributed by atoms with E-state index in [1.54, 1.807) is 4.90 Å². The van der Waals surface area contributed by atoms with Crippen LogP contribution in [-0.2, 0) is 9.59 Å². The Bertz CT molecular complexity index is 437. The second kappa shape index (κ2) is 5.27. The number of nitrogens with zero attached hydrogens (tertiary/aromatic N) is 2. The number of hydrogen-bond donors (Lipinski definition) is 1. The summed E-state index contributed by atoms with van der Waals surface area (Å²) in [5.41, 5.74) is -0.733. The summed E-state index contributed by atoms with van der Waals surface area (Å²) < 4.78 is 0. The molecule has 1 unspecified atom stereocenters. The lowest BCUT2D eigenvalue weighted by molar-refractivity contribution is -0.167. The molecule has 1 atom stereocenters. The summed E-state index contributed by atoms with van der Waals surface area (Å²) in [6.07, 6.45) is 4.92. The third-order valence-electron chi connectivity index (χ3n) is 5.59. The highest BCUT2D eigenvalue weighted by Crippen LogP contribution is 2.34. The quantitative estimate of drug-likeness (QED) is 0.845. The Morgan fingerprint density at radius 3 is 2.48 bits per heavy atom. The molecule has 0 spiro atoms. The first-order chi connectivity index (χ1) is 9.90. The minimum absolute atomic E-state index is 0.0502. The lowest BCUT2D eigenvalue weighted by Gasteiger charge is -2.49. The minimum Gasteiger partial charge on any atom is -0.386 e. The first kappa shape index (κ1) is 14.8. The molecule has 3 aliphatic rings. The third-order valence-corrected chi connectivity index (χ3v) is 5.59. The number of β-amino-alcohol motifs (C(OH)–C–C–N with tert-alkyl or cyclic N) is 1. The maximum Gasteiger partial charge on any atom is 0.228 e. The summed E-state index contributed by atoms with van der Waals surface area (Å²) in [5.74, 6) is 0.144. The highest BCUT2D eigenvalue weighted by atomic mass is 16.3. The van der Waals surface area contributed by atoms with Gasteiger partial charge in [-0.05, 0) is 18.8 Å². The first-order valence-electron chi connectivity index (χ1n) is 8.21. The van der Waals surface area contributed by atoms with Crippen molar-refractivity contribution in [1.29, 1.82) is 0 Å². The van der Waals surface area contributed by atoms with E-state index in [1.165, 1.54) is 12.8 Å². The van der Waals surface area contributed by atoms with Crippen molar-refractivity contribution in [3.05, 3.63) is 0 Å². The topological polar surface area (TPSA) is 60.9 Å².